The van der Waals surface area contributed by atoms with Gasteiger partial charge in [0.15, 0.2) is 0 Å². The summed E-state index contributed by atoms with van der Waals surface area (Å²) in [6.45, 7) is 0.957. The van der Waals surface area contributed by atoms with Crippen LogP contribution in [0.25, 0.3) is 0 Å². The number of nitrogens with one attached hydrogen (secondary N) is 1. The van der Waals surface area contributed by atoms with Gasteiger partial charge in [0.05, 0.1) is 17.1 Å². The van der Waals surface area contributed by atoms with Gasteiger partial charge in [-0.05, 0) is 31.6 Å². The van der Waals surface area contributed by atoms with Crippen LogP contribution in [0.1, 0.15) is 32.1 Å². The smallest absolute Gasteiger partial charge is 0.276 e. The van der Waals surface area contributed by atoms with Crippen LogP contribution in [0, 0.1) is 16.0 Å². The predicted molar refractivity (Wildman–Crippen MR) is 78.1 cm³/mol. The zero-order chi connectivity index (χ0) is 14.1. The summed E-state index contributed by atoms with van der Waals surface area (Å²) in [6, 6.07) is 3.61. The van der Waals surface area contributed by atoms with Crippen molar-refractivity contribution in [3.63, 3.8) is 0 Å². The molecule has 2 atom stereocenters. The Hall–Kier alpha value is -1.85. The van der Waals surface area contributed by atoms with Crippen LogP contribution in [0.2, 0.25) is 0 Å². The molecular formula is C14H20N4O2. The molecule has 2 heterocycles. The molecule has 6 heteroatoms. The number of hydrogen-bond donors (Lipinski definition) is 1. The minimum Gasteiger partial charge on any atom is -0.373 e. The third-order valence-electron chi connectivity index (χ3n) is 4.55. The molecule has 108 valence electrons. The van der Waals surface area contributed by atoms with Gasteiger partial charge in [-0.2, -0.15) is 0 Å². The number of nitrogens with zero attached hydrogens (tertiary/aromatic N) is 3. The Bertz CT molecular complexity index is 520. The Kier molecular flexibility index (Phi) is 3.46. The summed E-state index contributed by atoms with van der Waals surface area (Å²) in [6.07, 6.45) is 6.17. The second-order valence-corrected chi connectivity index (χ2v) is 5.67. The number of pyridine rings is 1. The third-order valence-corrected chi connectivity index (χ3v) is 4.55. The van der Waals surface area contributed by atoms with E-state index in [4.69, 9.17) is 0 Å². The lowest BCUT2D eigenvalue weighted by Crippen LogP contribution is -2.43. The minimum atomic E-state index is -0.345. The van der Waals surface area contributed by atoms with Crippen molar-refractivity contribution in [1.29, 1.82) is 0 Å². The first-order valence-electron chi connectivity index (χ1n) is 7.30. The van der Waals surface area contributed by atoms with E-state index in [1.165, 1.54) is 31.7 Å². The Labute approximate surface area is 118 Å². The van der Waals surface area contributed by atoms with Crippen LogP contribution in [0.4, 0.5) is 17.3 Å². The Morgan fingerprint density at radius 3 is 2.90 bits per heavy atom. The van der Waals surface area contributed by atoms with Crippen LogP contribution in [-0.4, -0.2) is 29.5 Å². The zero-order valence-electron chi connectivity index (χ0n) is 11.7. The number of fused-ring (bicyclic) bond motifs is 1. The number of hydrogen-bond acceptors (Lipinski definition) is 5. The minimum absolute atomic E-state index is 0.111. The molecule has 1 aliphatic carbocycles. The quantitative estimate of drug-likeness (QED) is 0.679. The molecule has 1 saturated heterocycles. The highest BCUT2D eigenvalue weighted by Gasteiger charge is 2.36. The summed E-state index contributed by atoms with van der Waals surface area (Å²) >= 11 is 0. The maximum Gasteiger partial charge on any atom is 0.276 e. The molecule has 0 bridgehead atoms. The predicted octanol–water partition coefficient (Wildman–Crippen LogP) is 2.80. The molecule has 20 heavy (non-hydrogen) atoms. The van der Waals surface area contributed by atoms with Crippen molar-refractivity contribution in [1.82, 2.24) is 4.98 Å². The van der Waals surface area contributed by atoms with E-state index >= 15 is 0 Å². The molecule has 0 radical (unpaired) electrons. The van der Waals surface area contributed by atoms with Gasteiger partial charge in [-0.1, -0.05) is 6.42 Å². The number of rotatable bonds is 3. The third kappa shape index (κ3) is 2.30. The molecule has 0 amide bonds. The van der Waals surface area contributed by atoms with Crippen molar-refractivity contribution in [3.8, 4) is 0 Å². The maximum absolute atomic E-state index is 11.1. The van der Waals surface area contributed by atoms with Crippen molar-refractivity contribution >= 4 is 17.3 Å². The number of anilines is 2. The molecule has 1 aromatic rings. The van der Waals surface area contributed by atoms with Gasteiger partial charge in [0.1, 0.15) is 11.6 Å². The van der Waals surface area contributed by atoms with Crippen molar-refractivity contribution in [2.75, 3.05) is 23.8 Å². The lowest BCUT2D eigenvalue weighted by Gasteiger charge is -2.38. The zero-order valence-corrected chi connectivity index (χ0v) is 11.7. The Morgan fingerprint density at radius 2 is 2.15 bits per heavy atom. The second-order valence-electron chi connectivity index (χ2n) is 5.67. The van der Waals surface area contributed by atoms with Crippen molar-refractivity contribution in [2.24, 2.45) is 5.92 Å². The summed E-state index contributed by atoms with van der Waals surface area (Å²) in [5, 5.41) is 14.0. The molecule has 1 aromatic heterocycles. The highest BCUT2D eigenvalue weighted by molar-refractivity contribution is 5.56. The Morgan fingerprint density at radius 1 is 1.35 bits per heavy atom. The molecule has 2 aliphatic rings. The summed E-state index contributed by atoms with van der Waals surface area (Å²) in [4.78, 5) is 17.5. The summed E-state index contributed by atoms with van der Waals surface area (Å²) < 4.78 is 0. The van der Waals surface area contributed by atoms with E-state index in [-0.39, 0.29) is 10.6 Å². The molecule has 1 N–H and O–H groups in total. The van der Waals surface area contributed by atoms with E-state index < -0.39 is 0 Å². The van der Waals surface area contributed by atoms with Gasteiger partial charge < -0.3 is 10.2 Å². The fourth-order valence-corrected chi connectivity index (χ4v) is 3.62. The molecule has 2 fully saturated rings. The lowest BCUT2D eigenvalue weighted by molar-refractivity contribution is -0.384. The van der Waals surface area contributed by atoms with E-state index in [2.05, 4.69) is 15.2 Å². The maximum atomic E-state index is 11.1. The van der Waals surface area contributed by atoms with Gasteiger partial charge in [-0.25, -0.2) is 4.98 Å². The molecule has 0 spiro atoms. The van der Waals surface area contributed by atoms with Gasteiger partial charge in [-0.15, -0.1) is 0 Å². The van der Waals surface area contributed by atoms with E-state index in [9.17, 15) is 10.1 Å². The fraction of sp³-hybridized carbons (Fsp3) is 0.643. The molecular weight excluding hydrogens is 256 g/mol. The van der Waals surface area contributed by atoms with Gasteiger partial charge in [-0.3, -0.25) is 10.1 Å². The molecule has 6 nitrogen and oxygen atoms in total. The van der Waals surface area contributed by atoms with E-state index in [1.807, 2.05) is 0 Å². The van der Waals surface area contributed by atoms with Crippen molar-refractivity contribution in [3.05, 3.63) is 22.2 Å². The summed E-state index contributed by atoms with van der Waals surface area (Å²) in [5.41, 5.74) is 0.111. The highest BCUT2D eigenvalue weighted by atomic mass is 16.6. The van der Waals surface area contributed by atoms with E-state index in [0.29, 0.717) is 11.9 Å². The molecule has 1 saturated carbocycles. The van der Waals surface area contributed by atoms with Crippen LogP contribution < -0.4 is 10.2 Å². The van der Waals surface area contributed by atoms with Crippen molar-refractivity contribution < 1.29 is 4.92 Å². The first-order valence-corrected chi connectivity index (χ1v) is 7.30. The standard InChI is InChI=1S/C14H20N4O2/c1-15-13-8-11(18(19)20)9-14(16-13)17-7-3-5-10-4-2-6-12(10)17/h8-10,12H,2-7H2,1H3,(H,15,16). The van der Waals surface area contributed by atoms with E-state index in [0.717, 1.165) is 24.7 Å². The second kappa shape index (κ2) is 5.26. The van der Waals surface area contributed by atoms with Gasteiger partial charge >= 0.3 is 0 Å². The van der Waals surface area contributed by atoms with Crippen LogP contribution in [0.3, 0.4) is 0 Å². The highest BCUT2D eigenvalue weighted by Crippen LogP contribution is 2.39. The molecule has 3 rings (SSSR count). The summed E-state index contributed by atoms with van der Waals surface area (Å²) in [5.74, 6) is 2.05. The first kappa shape index (κ1) is 13.1. The van der Waals surface area contributed by atoms with Crippen LogP contribution in [-0.2, 0) is 0 Å². The Balaban J connectivity index is 1.95. The topological polar surface area (TPSA) is 71.3 Å². The van der Waals surface area contributed by atoms with Crippen LogP contribution in [0.5, 0.6) is 0 Å². The average Bonchev–Trinajstić information content (AvgIpc) is 2.94. The largest absolute Gasteiger partial charge is 0.373 e. The summed E-state index contributed by atoms with van der Waals surface area (Å²) in [7, 11) is 1.74. The van der Waals surface area contributed by atoms with Gasteiger partial charge in [0.2, 0.25) is 0 Å². The molecule has 1 aliphatic heterocycles. The number of aromatic nitrogens is 1. The molecule has 2 unspecified atom stereocenters. The average molecular weight is 276 g/mol. The van der Waals surface area contributed by atoms with E-state index in [1.54, 1.807) is 13.1 Å². The normalized spacial score (nSPS) is 25.4. The monoisotopic (exact) mass is 276 g/mol. The fourth-order valence-electron chi connectivity index (χ4n) is 3.62. The van der Waals surface area contributed by atoms with Crippen LogP contribution in [0.15, 0.2) is 12.1 Å². The SMILES string of the molecule is CNc1cc([N+](=O)[O-])cc(N2CCCC3CCCC32)n1. The first-order chi connectivity index (χ1) is 9.69. The van der Waals surface area contributed by atoms with Crippen LogP contribution >= 0.6 is 0 Å². The lowest BCUT2D eigenvalue weighted by atomic mass is 9.92. The van der Waals surface area contributed by atoms with Gasteiger partial charge in [0.25, 0.3) is 5.69 Å². The molecule has 0 aromatic carbocycles. The van der Waals surface area contributed by atoms with Crippen molar-refractivity contribution in [2.45, 2.75) is 38.1 Å². The number of piperidine rings is 1. The van der Waals surface area contributed by atoms with Gasteiger partial charge in [0, 0.05) is 19.6 Å². The number of nitro groups is 1.